The van der Waals surface area contributed by atoms with Crippen LogP contribution in [0.25, 0.3) is 11.1 Å². The van der Waals surface area contributed by atoms with Crippen molar-refractivity contribution in [1.29, 1.82) is 0 Å². The van der Waals surface area contributed by atoms with E-state index >= 15 is 0 Å². The molecule has 4 rings (SSSR count). The summed E-state index contributed by atoms with van der Waals surface area (Å²) in [5, 5.41) is 0. The van der Waals surface area contributed by atoms with Gasteiger partial charge in [0.15, 0.2) is 5.90 Å². The first kappa shape index (κ1) is 16.3. The Hall–Kier alpha value is -3.21. The molecule has 5 nitrogen and oxygen atoms in total. The number of pyridine rings is 2. The summed E-state index contributed by atoms with van der Waals surface area (Å²) < 4.78 is 11.7. The van der Waals surface area contributed by atoms with Crippen LogP contribution in [-0.2, 0) is 4.74 Å². The quantitative estimate of drug-likeness (QED) is 0.686. The van der Waals surface area contributed by atoms with E-state index in [1.54, 1.807) is 12.4 Å². The van der Waals surface area contributed by atoms with Crippen molar-refractivity contribution in [2.24, 2.45) is 4.99 Å². The van der Waals surface area contributed by atoms with Gasteiger partial charge in [0, 0.05) is 36.6 Å². The van der Waals surface area contributed by atoms with E-state index < -0.39 is 0 Å². The predicted octanol–water partition coefficient (Wildman–Crippen LogP) is 4.73. The molecule has 0 saturated carbocycles. The van der Waals surface area contributed by atoms with E-state index in [0.717, 1.165) is 33.9 Å². The molecule has 26 heavy (non-hydrogen) atoms. The molecule has 0 N–H and O–H groups in total. The van der Waals surface area contributed by atoms with Crippen molar-refractivity contribution < 1.29 is 9.47 Å². The van der Waals surface area contributed by atoms with Gasteiger partial charge >= 0.3 is 0 Å². The Kier molecular flexibility index (Phi) is 4.35. The zero-order chi connectivity index (χ0) is 17.9. The second-order valence-corrected chi connectivity index (χ2v) is 6.18. The Morgan fingerprint density at radius 1 is 1.00 bits per heavy atom. The molecular formula is C21H19N3O2. The molecular weight excluding hydrogens is 326 g/mol. The first-order valence-electron chi connectivity index (χ1n) is 8.52. The number of aryl methyl sites for hydroxylation is 1. The van der Waals surface area contributed by atoms with Crippen molar-refractivity contribution in [2.75, 3.05) is 6.54 Å². The maximum absolute atomic E-state index is 6.05. The maximum Gasteiger partial charge on any atom is 0.227 e. The van der Waals surface area contributed by atoms with E-state index in [-0.39, 0.29) is 6.10 Å². The standard InChI is InChI=1S/C21H19N3O2/c1-14-9-11-22-12-19(14)18-4-3-10-23-21(18)26-17-7-5-16(6-8-17)20-13-24-15(2)25-20/h3-12,20H,13H2,1-2H3. The average Bonchev–Trinajstić information content (AvgIpc) is 3.10. The highest BCUT2D eigenvalue weighted by Crippen LogP contribution is 2.33. The fourth-order valence-electron chi connectivity index (χ4n) is 2.95. The Labute approximate surface area is 152 Å². The van der Waals surface area contributed by atoms with Crippen LogP contribution in [0, 0.1) is 6.92 Å². The summed E-state index contributed by atoms with van der Waals surface area (Å²) in [5.74, 6) is 2.03. The summed E-state index contributed by atoms with van der Waals surface area (Å²) in [6.07, 6.45) is 5.34. The number of hydrogen-bond donors (Lipinski definition) is 0. The molecule has 5 heteroatoms. The molecule has 0 spiro atoms. The van der Waals surface area contributed by atoms with Crippen LogP contribution in [0.5, 0.6) is 11.6 Å². The summed E-state index contributed by atoms with van der Waals surface area (Å²) in [6, 6.07) is 13.7. The van der Waals surface area contributed by atoms with Crippen LogP contribution < -0.4 is 4.74 Å². The number of benzene rings is 1. The fourth-order valence-corrected chi connectivity index (χ4v) is 2.95. The average molecular weight is 345 g/mol. The number of ether oxygens (including phenoxy) is 2. The normalized spacial score (nSPS) is 16.1. The minimum absolute atomic E-state index is 0.00694. The van der Waals surface area contributed by atoms with Gasteiger partial charge in [-0.3, -0.25) is 9.98 Å². The van der Waals surface area contributed by atoms with E-state index in [1.807, 2.05) is 62.5 Å². The van der Waals surface area contributed by atoms with Gasteiger partial charge < -0.3 is 9.47 Å². The number of aliphatic imine (C=N–C) groups is 1. The van der Waals surface area contributed by atoms with E-state index in [9.17, 15) is 0 Å². The summed E-state index contributed by atoms with van der Waals surface area (Å²) in [5.41, 5.74) is 4.15. The van der Waals surface area contributed by atoms with Crippen LogP contribution in [0.3, 0.4) is 0 Å². The van der Waals surface area contributed by atoms with E-state index in [1.165, 1.54) is 0 Å². The Morgan fingerprint density at radius 2 is 1.85 bits per heavy atom. The van der Waals surface area contributed by atoms with Crippen LogP contribution >= 0.6 is 0 Å². The summed E-state index contributed by atoms with van der Waals surface area (Å²) in [7, 11) is 0. The molecule has 1 aliphatic heterocycles. The Bertz CT molecular complexity index is 951. The molecule has 3 heterocycles. The van der Waals surface area contributed by atoms with Crippen molar-refractivity contribution in [1.82, 2.24) is 9.97 Å². The topological polar surface area (TPSA) is 56.6 Å². The molecule has 1 aromatic carbocycles. The van der Waals surface area contributed by atoms with Crippen LogP contribution in [0.15, 0.2) is 66.0 Å². The van der Waals surface area contributed by atoms with E-state index in [2.05, 4.69) is 15.0 Å². The lowest BCUT2D eigenvalue weighted by atomic mass is 10.0. The molecule has 2 aromatic heterocycles. The van der Waals surface area contributed by atoms with Gasteiger partial charge in [-0.2, -0.15) is 0 Å². The lowest BCUT2D eigenvalue weighted by Crippen LogP contribution is -2.02. The molecule has 0 radical (unpaired) electrons. The van der Waals surface area contributed by atoms with Crippen LogP contribution in [-0.4, -0.2) is 22.4 Å². The smallest absolute Gasteiger partial charge is 0.227 e. The van der Waals surface area contributed by atoms with Crippen LogP contribution in [0.4, 0.5) is 0 Å². The van der Waals surface area contributed by atoms with Crippen LogP contribution in [0.1, 0.15) is 24.2 Å². The highest BCUT2D eigenvalue weighted by Gasteiger charge is 2.19. The van der Waals surface area contributed by atoms with Gasteiger partial charge in [-0.1, -0.05) is 12.1 Å². The van der Waals surface area contributed by atoms with E-state index in [4.69, 9.17) is 9.47 Å². The molecule has 0 bridgehead atoms. The van der Waals surface area contributed by atoms with Gasteiger partial charge in [-0.25, -0.2) is 4.98 Å². The lowest BCUT2D eigenvalue weighted by Gasteiger charge is -2.13. The molecule has 0 amide bonds. The lowest BCUT2D eigenvalue weighted by molar-refractivity contribution is 0.228. The maximum atomic E-state index is 6.05. The Balaban J connectivity index is 1.58. The Morgan fingerprint density at radius 3 is 2.58 bits per heavy atom. The van der Waals surface area contributed by atoms with Crippen molar-refractivity contribution in [3.63, 3.8) is 0 Å². The molecule has 1 atom stereocenters. The molecule has 130 valence electrons. The van der Waals surface area contributed by atoms with Gasteiger partial charge in [0.2, 0.25) is 5.88 Å². The van der Waals surface area contributed by atoms with Crippen LogP contribution in [0.2, 0.25) is 0 Å². The summed E-state index contributed by atoms with van der Waals surface area (Å²) in [6.45, 7) is 4.59. The highest BCUT2D eigenvalue weighted by molar-refractivity contribution is 5.75. The van der Waals surface area contributed by atoms with Gasteiger partial charge in [-0.15, -0.1) is 0 Å². The van der Waals surface area contributed by atoms with Crippen molar-refractivity contribution in [3.8, 4) is 22.8 Å². The molecule has 0 saturated heterocycles. The number of rotatable bonds is 4. The first-order chi connectivity index (χ1) is 12.7. The SMILES string of the molecule is CC1=NCC(c2ccc(Oc3ncccc3-c3cnccc3C)cc2)O1. The first-order valence-corrected chi connectivity index (χ1v) is 8.52. The third kappa shape index (κ3) is 3.28. The van der Waals surface area contributed by atoms with Gasteiger partial charge in [-0.05, 0) is 48.4 Å². The summed E-state index contributed by atoms with van der Waals surface area (Å²) in [4.78, 5) is 12.9. The number of hydrogen-bond acceptors (Lipinski definition) is 5. The monoisotopic (exact) mass is 345 g/mol. The molecule has 0 aliphatic carbocycles. The fraction of sp³-hybridized carbons (Fsp3) is 0.190. The third-order valence-corrected chi connectivity index (χ3v) is 4.36. The van der Waals surface area contributed by atoms with Crippen molar-refractivity contribution >= 4 is 5.90 Å². The minimum Gasteiger partial charge on any atom is -0.471 e. The zero-order valence-electron chi connectivity index (χ0n) is 14.7. The zero-order valence-corrected chi connectivity index (χ0v) is 14.7. The molecule has 0 fully saturated rings. The van der Waals surface area contributed by atoms with Gasteiger partial charge in [0.25, 0.3) is 0 Å². The molecule has 3 aromatic rings. The summed E-state index contributed by atoms with van der Waals surface area (Å²) >= 11 is 0. The number of aromatic nitrogens is 2. The van der Waals surface area contributed by atoms with E-state index in [0.29, 0.717) is 12.4 Å². The second-order valence-electron chi connectivity index (χ2n) is 6.18. The van der Waals surface area contributed by atoms with Gasteiger partial charge in [0.05, 0.1) is 6.54 Å². The largest absolute Gasteiger partial charge is 0.471 e. The second kappa shape index (κ2) is 6.96. The number of nitrogens with zero attached hydrogens (tertiary/aromatic N) is 3. The molecule has 1 unspecified atom stereocenters. The van der Waals surface area contributed by atoms with Crippen molar-refractivity contribution in [2.45, 2.75) is 20.0 Å². The third-order valence-electron chi connectivity index (χ3n) is 4.36. The highest BCUT2D eigenvalue weighted by atomic mass is 16.5. The van der Waals surface area contributed by atoms with Crippen molar-refractivity contribution in [3.05, 3.63) is 72.2 Å². The molecule has 1 aliphatic rings. The predicted molar refractivity (Wildman–Crippen MR) is 101 cm³/mol. The van der Waals surface area contributed by atoms with Gasteiger partial charge in [0.1, 0.15) is 11.9 Å². The minimum atomic E-state index is -0.00694.